The summed E-state index contributed by atoms with van der Waals surface area (Å²) in [6.45, 7) is 0. The van der Waals surface area contributed by atoms with Crippen molar-refractivity contribution in [2.75, 3.05) is 0 Å². The van der Waals surface area contributed by atoms with Gasteiger partial charge in [0, 0.05) is 17.3 Å². The summed E-state index contributed by atoms with van der Waals surface area (Å²) in [5.74, 6) is -0.675. The van der Waals surface area contributed by atoms with Gasteiger partial charge >= 0.3 is 5.97 Å². The molecule has 2 rings (SSSR count). The average Bonchev–Trinajstić information content (AvgIpc) is 2.31. The van der Waals surface area contributed by atoms with E-state index in [1.807, 2.05) is 24.3 Å². The Kier molecular flexibility index (Phi) is 3.33. The number of rotatable bonds is 2. The number of halogens is 1. The molecular formula is C13H13BrO3. The highest BCUT2D eigenvalue weighted by Crippen LogP contribution is 2.41. The number of Topliss-reactive ketones (excluding diaryl/α,β-unsaturated/α-hetero) is 1. The Balaban J connectivity index is 2.46. The predicted molar refractivity (Wildman–Crippen MR) is 66.9 cm³/mol. The minimum Gasteiger partial charge on any atom is -0.481 e. The largest absolute Gasteiger partial charge is 0.481 e. The Hall–Kier alpha value is -1.16. The molecule has 0 aromatic heterocycles. The first-order valence-corrected chi connectivity index (χ1v) is 6.36. The van der Waals surface area contributed by atoms with Crippen molar-refractivity contribution in [1.82, 2.24) is 0 Å². The first-order valence-electron chi connectivity index (χ1n) is 5.56. The van der Waals surface area contributed by atoms with Gasteiger partial charge in [0.1, 0.15) is 5.78 Å². The van der Waals surface area contributed by atoms with Gasteiger partial charge in [0.15, 0.2) is 0 Å². The highest BCUT2D eigenvalue weighted by atomic mass is 79.9. The van der Waals surface area contributed by atoms with Crippen LogP contribution in [0.25, 0.3) is 0 Å². The molecule has 0 aliphatic heterocycles. The van der Waals surface area contributed by atoms with Gasteiger partial charge in [-0.1, -0.05) is 34.1 Å². The van der Waals surface area contributed by atoms with Gasteiger partial charge in [-0.2, -0.15) is 0 Å². The molecule has 1 aliphatic rings. The Bertz CT molecular complexity index is 457. The summed E-state index contributed by atoms with van der Waals surface area (Å²) < 4.78 is 0.803. The minimum absolute atomic E-state index is 0.161. The number of carboxylic acids is 1. The smallest absolute Gasteiger partial charge is 0.314 e. The first-order chi connectivity index (χ1) is 8.06. The SMILES string of the molecule is O=C1CCC(C(=O)O)(c2ccccc2Br)CC1. The van der Waals surface area contributed by atoms with Gasteiger partial charge in [-0.25, -0.2) is 0 Å². The summed E-state index contributed by atoms with van der Waals surface area (Å²) in [6.07, 6.45) is 1.49. The van der Waals surface area contributed by atoms with Crippen molar-refractivity contribution in [3.8, 4) is 0 Å². The lowest BCUT2D eigenvalue weighted by Crippen LogP contribution is -2.40. The fraction of sp³-hybridized carbons (Fsp3) is 0.385. The van der Waals surface area contributed by atoms with E-state index in [2.05, 4.69) is 15.9 Å². The second kappa shape index (κ2) is 4.61. The van der Waals surface area contributed by atoms with E-state index in [0.29, 0.717) is 25.7 Å². The van der Waals surface area contributed by atoms with E-state index in [1.165, 1.54) is 0 Å². The quantitative estimate of drug-likeness (QED) is 0.913. The van der Waals surface area contributed by atoms with Crippen molar-refractivity contribution < 1.29 is 14.7 Å². The Morgan fingerprint density at radius 1 is 1.24 bits per heavy atom. The summed E-state index contributed by atoms with van der Waals surface area (Å²) in [5, 5.41) is 9.52. The van der Waals surface area contributed by atoms with Crippen LogP contribution in [-0.4, -0.2) is 16.9 Å². The lowest BCUT2D eigenvalue weighted by molar-refractivity contribution is -0.146. The zero-order valence-electron chi connectivity index (χ0n) is 9.28. The molecule has 1 saturated carbocycles. The van der Waals surface area contributed by atoms with Crippen LogP contribution in [0.15, 0.2) is 28.7 Å². The van der Waals surface area contributed by atoms with Gasteiger partial charge < -0.3 is 5.11 Å². The molecule has 1 aromatic rings. The van der Waals surface area contributed by atoms with Crippen molar-refractivity contribution >= 4 is 27.7 Å². The van der Waals surface area contributed by atoms with Crippen molar-refractivity contribution in [1.29, 1.82) is 0 Å². The van der Waals surface area contributed by atoms with Crippen molar-refractivity contribution in [2.24, 2.45) is 0 Å². The fourth-order valence-corrected chi connectivity index (χ4v) is 3.07. The van der Waals surface area contributed by atoms with Gasteiger partial charge in [0.25, 0.3) is 0 Å². The molecule has 0 radical (unpaired) electrons. The molecule has 0 heterocycles. The van der Waals surface area contributed by atoms with Crippen LogP contribution >= 0.6 is 15.9 Å². The van der Waals surface area contributed by atoms with Crippen molar-refractivity contribution in [2.45, 2.75) is 31.1 Å². The van der Waals surface area contributed by atoms with Crippen molar-refractivity contribution in [3.63, 3.8) is 0 Å². The second-order valence-corrected chi connectivity index (χ2v) is 5.26. The molecule has 1 fully saturated rings. The standard InChI is InChI=1S/C13H13BrO3/c14-11-4-2-1-3-10(11)13(12(16)17)7-5-9(15)6-8-13/h1-4H,5-8H2,(H,16,17). The number of hydrogen-bond acceptors (Lipinski definition) is 2. The van der Waals surface area contributed by atoms with Crippen LogP contribution in [0.2, 0.25) is 0 Å². The van der Waals surface area contributed by atoms with Crippen LogP contribution in [0.1, 0.15) is 31.2 Å². The van der Waals surface area contributed by atoms with Crippen LogP contribution in [0.4, 0.5) is 0 Å². The van der Waals surface area contributed by atoms with E-state index in [1.54, 1.807) is 0 Å². The molecule has 4 heteroatoms. The molecule has 0 spiro atoms. The number of aliphatic carboxylic acids is 1. The lowest BCUT2D eigenvalue weighted by Gasteiger charge is -2.33. The predicted octanol–water partition coefficient (Wildman–Crippen LogP) is 2.91. The number of carboxylic acid groups (broad SMARTS) is 1. The van der Waals surface area contributed by atoms with Crippen LogP contribution in [0.3, 0.4) is 0 Å². The van der Waals surface area contributed by atoms with Gasteiger partial charge in [-0.15, -0.1) is 0 Å². The third-order valence-electron chi connectivity index (χ3n) is 3.46. The van der Waals surface area contributed by atoms with Crippen LogP contribution in [0, 0.1) is 0 Å². The summed E-state index contributed by atoms with van der Waals surface area (Å²) in [7, 11) is 0. The number of carbonyl (C=O) groups is 2. The van der Waals surface area contributed by atoms with Gasteiger partial charge in [-0.3, -0.25) is 9.59 Å². The van der Waals surface area contributed by atoms with Crippen LogP contribution in [0.5, 0.6) is 0 Å². The minimum atomic E-state index is -0.909. The zero-order chi connectivity index (χ0) is 12.5. The molecule has 1 aromatic carbocycles. The maximum atomic E-state index is 11.6. The number of hydrogen-bond donors (Lipinski definition) is 1. The molecule has 90 valence electrons. The third kappa shape index (κ3) is 2.14. The van der Waals surface area contributed by atoms with E-state index in [4.69, 9.17) is 0 Å². The second-order valence-electron chi connectivity index (χ2n) is 4.41. The van der Waals surface area contributed by atoms with E-state index >= 15 is 0 Å². The molecular weight excluding hydrogens is 284 g/mol. The summed E-state index contributed by atoms with van der Waals surface area (Å²) in [5.41, 5.74) is -0.131. The maximum Gasteiger partial charge on any atom is 0.314 e. The lowest BCUT2D eigenvalue weighted by atomic mass is 9.69. The molecule has 0 unspecified atom stereocenters. The van der Waals surface area contributed by atoms with Gasteiger partial charge in [0.05, 0.1) is 5.41 Å². The van der Waals surface area contributed by atoms with E-state index in [-0.39, 0.29) is 5.78 Å². The molecule has 1 N–H and O–H groups in total. The van der Waals surface area contributed by atoms with E-state index in [9.17, 15) is 14.7 Å². The maximum absolute atomic E-state index is 11.6. The summed E-state index contributed by atoms with van der Waals surface area (Å²) >= 11 is 3.40. The fourth-order valence-electron chi connectivity index (χ4n) is 2.40. The zero-order valence-corrected chi connectivity index (χ0v) is 10.9. The third-order valence-corrected chi connectivity index (χ3v) is 4.15. The first kappa shape index (κ1) is 12.3. The molecule has 0 amide bonds. The number of carbonyl (C=O) groups excluding carboxylic acids is 1. The highest BCUT2D eigenvalue weighted by molar-refractivity contribution is 9.10. The molecule has 17 heavy (non-hydrogen) atoms. The average molecular weight is 297 g/mol. The number of benzene rings is 1. The van der Waals surface area contributed by atoms with E-state index < -0.39 is 11.4 Å². The molecule has 0 atom stereocenters. The van der Waals surface area contributed by atoms with E-state index in [0.717, 1.165) is 10.0 Å². The normalized spacial score (nSPS) is 19.0. The monoisotopic (exact) mass is 296 g/mol. The molecule has 1 aliphatic carbocycles. The van der Waals surface area contributed by atoms with Crippen LogP contribution in [-0.2, 0) is 15.0 Å². The number of ketones is 1. The van der Waals surface area contributed by atoms with Gasteiger partial charge in [-0.05, 0) is 24.5 Å². The summed E-state index contributed by atoms with van der Waals surface area (Å²) in [4.78, 5) is 22.9. The Morgan fingerprint density at radius 2 is 1.82 bits per heavy atom. The van der Waals surface area contributed by atoms with Crippen molar-refractivity contribution in [3.05, 3.63) is 34.3 Å². The highest BCUT2D eigenvalue weighted by Gasteiger charge is 2.44. The van der Waals surface area contributed by atoms with Gasteiger partial charge in [0.2, 0.25) is 0 Å². The summed E-state index contributed by atoms with van der Waals surface area (Å²) in [6, 6.07) is 7.36. The molecule has 3 nitrogen and oxygen atoms in total. The Labute approximate surface area is 108 Å². The van der Waals surface area contributed by atoms with Crippen LogP contribution < -0.4 is 0 Å². The Morgan fingerprint density at radius 3 is 2.35 bits per heavy atom. The topological polar surface area (TPSA) is 54.4 Å². The molecule has 0 saturated heterocycles. The molecule has 0 bridgehead atoms.